The first-order chi connectivity index (χ1) is 15.9. The normalized spacial score (nSPS) is 21.4. The van der Waals surface area contributed by atoms with Gasteiger partial charge < -0.3 is 19.5 Å². The van der Waals surface area contributed by atoms with Crippen molar-refractivity contribution < 1.29 is 4.74 Å². The second-order valence-corrected chi connectivity index (χ2v) is 10.4. The Balaban J connectivity index is 1.49. The summed E-state index contributed by atoms with van der Waals surface area (Å²) in [6, 6.07) is 16.6. The summed E-state index contributed by atoms with van der Waals surface area (Å²) in [7, 11) is 0. The zero-order valence-corrected chi connectivity index (χ0v) is 20.4. The smallest absolute Gasteiger partial charge is 0.174 e. The highest BCUT2D eigenvalue weighted by Crippen LogP contribution is 2.42. The highest BCUT2D eigenvalue weighted by atomic mass is 32.1. The van der Waals surface area contributed by atoms with Crippen LogP contribution in [0.3, 0.4) is 0 Å². The van der Waals surface area contributed by atoms with Crippen LogP contribution in [-0.4, -0.2) is 20.8 Å². The lowest BCUT2D eigenvalue weighted by atomic mass is 9.98. The summed E-state index contributed by atoms with van der Waals surface area (Å²) in [6.07, 6.45) is 11.4. The number of nitrogens with zero attached hydrogens (tertiary/aromatic N) is 3. The Labute approximate surface area is 201 Å². The first kappa shape index (κ1) is 22.0. The van der Waals surface area contributed by atoms with Gasteiger partial charge in [0.25, 0.3) is 0 Å². The fraction of sp³-hybridized carbons (Fsp3) is 0.407. The van der Waals surface area contributed by atoms with Crippen molar-refractivity contribution in [3.8, 4) is 5.75 Å². The third-order valence-electron chi connectivity index (χ3n) is 6.65. The number of nitrogens with one attached hydrogen (secondary N) is 1. The molecule has 0 amide bonds. The Morgan fingerprint density at radius 3 is 2.42 bits per heavy atom. The van der Waals surface area contributed by atoms with Gasteiger partial charge in [-0.2, -0.15) is 0 Å². The average Bonchev–Trinajstić information content (AvgIpc) is 3.55. The van der Waals surface area contributed by atoms with Crippen molar-refractivity contribution in [1.29, 1.82) is 0 Å². The van der Waals surface area contributed by atoms with Crippen molar-refractivity contribution in [2.75, 3.05) is 4.90 Å². The number of hydrogen-bond acceptors (Lipinski definition) is 3. The Kier molecular flexibility index (Phi) is 5.87. The third kappa shape index (κ3) is 4.49. The first-order valence-corrected chi connectivity index (χ1v) is 12.3. The van der Waals surface area contributed by atoms with Crippen LogP contribution in [0.25, 0.3) is 0 Å². The Morgan fingerprint density at radius 1 is 1.03 bits per heavy atom. The average molecular weight is 461 g/mol. The number of ether oxygens (including phenoxy) is 1. The molecule has 1 saturated carbocycles. The molecule has 1 aliphatic carbocycles. The minimum atomic E-state index is -0.0380. The number of pyridine rings is 1. The van der Waals surface area contributed by atoms with E-state index in [-0.39, 0.29) is 17.6 Å². The SMILES string of the molecule is CC(C)(C)n1ccc([C@@H]2[C@H](c3ccccn3)NC(=S)N2c2ccc(OC3CCCC3)cc2)c1. The van der Waals surface area contributed by atoms with Gasteiger partial charge in [0.05, 0.1) is 23.9 Å². The molecule has 33 heavy (non-hydrogen) atoms. The number of benzene rings is 1. The van der Waals surface area contributed by atoms with Gasteiger partial charge in [0.15, 0.2) is 5.11 Å². The Morgan fingerprint density at radius 2 is 1.79 bits per heavy atom. The predicted molar refractivity (Wildman–Crippen MR) is 137 cm³/mol. The molecule has 3 aromatic rings. The van der Waals surface area contributed by atoms with Crippen molar-refractivity contribution in [3.05, 3.63) is 78.4 Å². The van der Waals surface area contributed by atoms with E-state index < -0.39 is 0 Å². The second kappa shape index (κ2) is 8.82. The fourth-order valence-electron chi connectivity index (χ4n) is 4.86. The molecule has 0 unspecified atom stereocenters. The monoisotopic (exact) mass is 460 g/mol. The number of rotatable bonds is 5. The van der Waals surface area contributed by atoms with E-state index >= 15 is 0 Å². The maximum Gasteiger partial charge on any atom is 0.174 e. The molecule has 2 aliphatic rings. The summed E-state index contributed by atoms with van der Waals surface area (Å²) in [6.45, 7) is 6.64. The Bertz CT molecular complexity index is 1100. The standard InChI is InChI=1S/C27H32N4OS/c1-27(2,3)30-17-15-19(18-30)25-24(23-10-6-7-16-28-23)29-26(33)31(25)20-11-13-22(14-12-20)32-21-8-4-5-9-21/h6-7,10-18,21,24-25H,4-5,8-9H2,1-3H3,(H,29,33)/t24-,25+/m0/s1. The molecule has 3 heterocycles. The van der Waals surface area contributed by atoms with Crippen molar-refractivity contribution in [3.63, 3.8) is 0 Å². The van der Waals surface area contributed by atoms with Gasteiger partial charge >= 0.3 is 0 Å². The molecule has 1 aliphatic heterocycles. The maximum atomic E-state index is 6.18. The van der Waals surface area contributed by atoms with E-state index in [0.717, 1.165) is 30.0 Å². The van der Waals surface area contributed by atoms with Gasteiger partial charge in [-0.3, -0.25) is 4.98 Å². The molecule has 2 aromatic heterocycles. The lowest BCUT2D eigenvalue weighted by Gasteiger charge is -2.28. The van der Waals surface area contributed by atoms with Gasteiger partial charge in [-0.25, -0.2) is 0 Å². The minimum absolute atomic E-state index is 0.00222. The quantitative estimate of drug-likeness (QED) is 0.464. The lowest BCUT2D eigenvalue weighted by Crippen LogP contribution is -2.29. The molecule has 2 atom stereocenters. The molecule has 2 fully saturated rings. The number of anilines is 1. The minimum Gasteiger partial charge on any atom is -0.490 e. The zero-order valence-electron chi connectivity index (χ0n) is 19.6. The number of hydrogen-bond donors (Lipinski definition) is 1. The van der Waals surface area contributed by atoms with E-state index in [1.165, 1.54) is 18.4 Å². The molecule has 0 spiro atoms. The molecular weight excluding hydrogens is 428 g/mol. The molecule has 0 bridgehead atoms. The Hall–Kier alpha value is -2.86. The van der Waals surface area contributed by atoms with Crippen LogP contribution in [0, 0.1) is 0 Å². The van der Waals surface area contributed by atoms with Crippen LogP contribution < -0.4 is 15.0 Å². The largest absolute Gasteiger partial charge is 0.490 e. The predicted octanol–water partition coefficient (Wildman–Crippen LogP) is 6.14. The molecule has 1 saturated heterocycles. The van der Waals surface area contributed by atoms with Crippen LogP contribution in [0.5, 0.6) is 5.75 Å². The van der Waals surface area contributed by atoms with E-state index in [0.29, 0.717) is 11.2 Å². The van der Waals surface area contributed by atoms with Crippen LogP contribution in [0.15, 0.2) is 67.1 Å². The fourth-order valence-corrected chi connectivity index (χ4v) is 5.21. The van der Waals surface area contributed by atoms with Crippen LogP contribution in [0.1, 0.15) is 69.8 Å². The summed E-state index contributed by atoms with van der Waals surface area (Å²) < 4.78 is 8.44. The van der Waals surface area contributed by atoms with Gasteiger partial charge in [-0.1, -0.05) is 6.07 Å². The molecule has 0 radical (unpaired) electrons. The van der Waals surface area contributed by atoms with Crippen LogP contribution in [-0.2, 0) is 5.54 Å². The molecule has 5 nitrogen and oxygen atoms in total. The summed E-state index contributed by atoms with van der Waals surface area (Å²) in [5.74, 6) is 0.931. The van der Waals surface area contributed by atoms with E-state index in [1.807, 2.05) is 18.3 Å². The van der Waals surface area contributed by atoms with Crippen LogP contribution in [0.2, 0.25) is 0 Å². The van der Waals surface area contributed by atoms with Gasteiger partial charge in [0.1, 0.15) is 5.75 Å². The topological polar surface area (TPSA) is 42.3 Å². The van der Waals surface area contributed by atoms with E-state index in [9.17, 15) is 0 Å². The molecule has 1 aromatic carbocycles. The van der Waals surface area contributed by atoms with Gasteiger partial charge in [-0.15, -0.1) is 0 Å². The van der Waals surface area contributed by atoms with Crippen molar-refractivity contribution in [1.82, 2.24) is 14.9 Å². The second-order valence-electron chi connectivity index (χ2n) is 10.0. The molecule has 6 heteroatoms. The highest BCUT2D eigenvalue weighted by molar-refractivity contribution is 7.80. The maximum absolute atomic E-state index is 6.18. The summed E-state index contributed by atoms with van der Waals surface area (Å²) in [5.41, 5.74) is 3.25. The summed E-state index contributed by atoms with van der Waals surface area (Å²) in [4.78, 5) is 6.87. The lowest BCUT2D eigenvalue weighted by molar-refractivity contribution is 0.210. The van der Waals surface area contributed by atoms with Gasteiger partial charge in [0.2, 0.25) is 0 Å². The van der Waals surface area contributed by atoms with Crippen LogP contribution in [0.4, 0.5) is 5.69 Å². The molecule has 5 rings (SSSR count). The highest BCUT2D eigenvalue weighted by Gasteiger charge is 2.41. The molecular formula is C27H32N4OS. The molecule has 1 N–H and O–H groups in total. The van der Waals surface area contributed by atoms with Crippen molar-refractivity contribution >= 4 is 23.0 Å². The summed E-state index contributed by atoms with van der Waals surface area (Å²) in [5, 5.41) is 4.25. The van der Waals surface area contributed by atoms with E-state index in [2.05, 4.69) is 89.3 Å². The van der Waals surface area contributed by atoms with Crippen molar-refractivity contribution in [2.45, 2.75) is 70.2 Å². The number of aromatic nitrogens is 2. The van der Waals surface area contributed by atoms with Crippen LogP contribution >= 0.6 is 12.2 Å². The number of thiocarbonyl (C=S) groups is 1. The van der Waals surface area contributed by atoms with Crippen molar-refractivity contribution in [2.24, 2.45) is 0 Å². The van der Waals surface area contributed by atoms with E-state index in [1.54, 1.807) is 0 Å². The van der Waals surface area contributed by atoms with Gasteiger partial charge in [-0.05, 0) is 107 Å². The van der Waals surface area contributed by atoms with E-state index in [4.69, 9.17) is 17.0 Å². The summed E-state index contributed by atoms with van der Waals surface area (Å²) >= 11 is 5.85. The van der Waals surface area contributed by atoms with Gasteiger partial charge in [0, 0.05) is 29.8 Å². The molecule has 172 valence electrons. The zero-order chi connectivity index (χ0) is 23.0. The first-order valence-electron chi connectivity index (χ1n) is 11.9. The third-order valence-corrected chi connectivity index (χ3v) is 6.96.